The highest BCUT2D eigenvalue weighted by atomic mass is 16.5. The standard InChI is InChI=1S/C15H25NO4/c1-6-20-11(2)9-16-10-13-14(18-4)7-12(17-3)8-15(13)19-5/h7-8,11,16H,6,9-10H2,1-5H3. The zero-order chi connectivity index (χ0) is 15.0. The third kappa shape index (κ3) is 4.58. The second-order valence-corrected chi connectivity index (χ2v) is 4.41. The van der Waals surface area contributed by atoms with Crippen LogP contribution in [0, 0.1) is 0 Å². The van der Waals surface area contributed by atoms with Gasteiger partial charge in [-0.2, -0.15) is 0 Å². The lowest BCUT2D eigenvalue weighted by atomic mass is 10.1. The van der Waals surface area contributed by atoms with Gasteiger partial charge >= 0.3 is 0 Å². The maximum absolute atomic E-state index is 5.48. The molecule has 1 atom stereocenters. The number of hydrogen-bond donors (Lipinski definition) is 1. The lowest BCUT2D eigenvalue weighted by molar-refractivity contribution is 0.0758. The largest absolute Gasteiger partial charge is 0.496 e. The Balaban J connectivity index is 2.77. The fraction of sp³-hybridized carbons (Fsp3) is 0.600. The molecule has 0 fully saturated rings. The molecule has 0 spiro atoms. The highest BCUT2D eigenvalue weighted by Gasteiger charge is 2.13. The van der Waals surface area contributed by atoms with Crippen molar-refractivity contribution in [1.82, 2.24) is 5.32 Å². The molecule has 1 rings (SSSR count). The molecule has 1 unspecified atom stereocenters. The van der Waals surface area contributed by atoms with Crippen LogP contribution in [-0.2, 0) is 11.3 Å². The van der Waals surface area contributed by atoms with Crippen LogP contribution in [0.5, 0.6) is 17.2 Å². The van der Waals surface area contributed by atoms with Gasteiger partial charge in [-0.3, -0.25) is 0 Å². The summed E-state index contributed by atoms with van der Waals surface area (Å²) < 4.78 is 21.5. The van der Waals surface area contributed by atoms with Crippen LogP contribution in [0.3, 0.4) is 0 Å². The minimum absolute atomic E-state index is 0.176. The number of rotatable bonds is 9. The van der Waals surface area contributed by atoms with Crippen LogP contribution in [0.1, 0.15) is 19.4 Å². The Morgan fingerprint density at radius 1 is 1.05 bits per heavy atom. The van der Waals surface area contributed by atoms with Crippen LogP contribution in [0.15, 0.2) is 12.1 Å². The normalized spacial score (nSPS) is 12.1. The highest BCUT2D eigenvalue weighted by Crippen LogP contribution is 2.33. The summed E-state index contributed by atoms with van der Waals surface area (Å²) in [6.45, 7) is 6.17. The van der Waals surface area contributed by atoms with Gasteiger partial charge in [-0.25, -0.2) is 0 Å². The molecular formula is C15H25NO4. The number of nitrogens with one attached hydrogen (secondary N) is 1. The number of hydrogen-bond acceptors (Lipinski definition) is 5. The zero-order valence-corrected chi connectivity index (χ0v) is 13.0. The summed E-state index contributed by atoms with van der Waals surface area (Å²) >= 11 is 0. The minimum Gasteiger partial charge on any atom is -0.496 e. The molecule has 0 heterocycles. The third-order valence-electron chi connectivity index (χ3n) is 3.00. The van der Waals surface area contributed by atoms with Crippen molar-refractivity contribution in [3.05, 3.63) is 17.7 Å². The quantitative estimate of drug-likeness (QED) is 0.753. The van der Waals surface area contributed by atoms with Crippen LogP contribution in [0.2, 0.25) is 0 Å². The molecule has 0 radical (unpaired) electrons. The van der Waals surface area contributed by atoms with Crippen molar-refractivity contribution in [2.24, 2.45) is 0 Å². The van der Waals surface area contributed by atoms with Crippen molar-refractivity contribution in [2.75, 3.05) is 34.5 Å². The van der Waals surface area contributed by atoms with Gasteiger partial charge in [-0.1, -0.05) is 0 Å². The number of benzene rings is 1. The average molecular weight is 283 g/mol. The van der Waals surface area contributed by atoms with Crippen LogP contribution < -0.4 is 19.5 Å². The van der Waals surface area contributed by atoms with E-state index in [4.69, 9.17) is 18.9 Å². The van der Waals surface area contributed by atoms with Gasteiger partial charge in [-0.05, 0) is 13.8 Å². The first-order valence-electron chi connectivity index (χ1n) is 6.77. The van der Waals surface area contributed by atoms with Gasteiger partial charge in [0.25, 0.3) is 0 Å². The van der Waals surface area contributed by atoms with E-state index in [-0.39, 0.29) is 6.10 Å². The van der Waals surface area contributed by atoms with Crippen molar-refractivity contribution >= 4 is 0 Å². The summed E-state index contributed by atoms with van der Waals surface area (Å²) in [6.07, 6.45) is 0.176. The molecule has 1 aromatic carbocycles. The molecule has 0 aliphatic heterocycles. The molecular weight excluding hydrogens is 258 g/mol. The van der Waals surface area contributed by atoms with Crippen molar-refractivity contribution < 1.29 is 18.9 Å². The second kappa shape index (κ2) is 8.66. The Morgan fingerprint density at radius 2 is 1.65 bits per heavy atom. The predicted octanol–water partition coefficient (Wildman–Crippen LogP) is 2.23. The average Bonchev–Trinajstić information content (AvgIpc) is 2.47. The molecule has 5 nitrogen and oxygen atoms in total. The molecule has 0 saturated heterocycles. The van der Waals surface area contributed by atoms with E-state index in [1.54, 1.807) is 21.3 Å². The van der Waals surface area contributed by atoms with Gasteiger partial charge < -0.3 is 24.3 Å². The number of methoxy groups -OCH3 is 3. The van der Waals surface area contributed by atoms with E-state index in [2.05, 4.69) is 5.32 Å². The van der Waals surface area contributed by atoms with Gasteiger partial charge in [0.15, 0.2) is 0 Å². The molecule has 0 aliphatic rings. The summed E-state index contributed by atoms with van der Waals surface area (Å²) in [5, 5.41) is 3.35. The molecule has 1 aromatic rings. The smallest absolute Gasteiger partial charge is 0.130 e. The Hall–Kier alpha value is -1.46. The Morgan fingerprint density at radius 3 is 2.10 bits per heavy atom. The monoisotopic (exact) mass is 283 g/mol. The molecule has 0 saturated carbocycles. The van der Waals surface area contributed by atoms with Crippen LogP contribution in [-0.4, -0.2) is 40.6 Å². The maximum Gasteiger partial charge on any atom is 0.130 e. The van der Waals surface area contributed by atoms with Crippen molar-refractivity contribution in [2.45, 2.75) is 26.5 Å². The first-order valence-corrected chi connectivity index (χ1v) is 6.77. The second-order valence-electron chi connectivity index (χ2n) is 4.41. The van der Waals surface area contributed by atoms with E-state index in [9.17, 15) is 0 Å². The van der Waals surface area contributed by atoms with E-state index >= 15 is 0 Å². The molecule has 1 N–H and O–H groups in total. The van der Waals surface area contributed by atoms with E-state index in [1.807, 2.05) is 26.0 Å². The van der Waals surface area contributed by atoms with Crippen LogP contribution in [0.4, 0.5) is 0 Å². The topological polar surface area (TPSA) is 49.0 Å². The fourth-order valence-electron chi connectivity index (χ4n) is 2.00. The lowest BCUT2D eigenvalue weighted by Crippen LogP contribution is -2.26. The van der Waals surface area contributed by atoms with E-state index in [1.165, 1.54) is 0 Å². The van der Waals surface area contributed by atoms with E-state index < -0.39 is 0 Å². The summed E-state index contributed by atoms with van der Waals surface area (Å²) in [6, 6.07) is 3.71. The van der Waals surface area contributed by atoms with Gasteiger partial charge in [-0.15, -0.1) is 0 Å². The molecule has 0 amide bonds. The fourth-order valence-corrected chi connectivity index (χ4v) is 2.00. The number of ether oxygens (including phenoxy) is 4. The SMILES string of the molecule is CCOC(C)CNCc1c(OC)cc(OC)cc1OC. The van der Waals surface area contributed by atoms with Gasteiger partial charge in [0.1, 0.15) is 17.2 Å². The maximum atomic E-state index is 5.48. The van der Waals surface area contributed by atoms with Crippen molar-refractivity contribution in [3.63, 3.8) is 0 Å². The zero-order valence-electron chi connectivity index (χ0n) is 13.0. The molecule has 20 heavy (non-hydrogen) atoms. The van der Waals surface area contributed by atoms with E-state index in [0.717, 1.165) is 30.2 Å². The molecule has 0 aliphatic carbocycles. The highest BCUT2D eigenvalue weighted by molar-refractivity contribution is 5.50. The molecule has 0 bridgehead atoms. The van der Waals surface area contributed by atoms with Crippen molar-refractivity contribution in [1.29, 1.82) is 0 Å². The lowest BCUT2D eigenvalue weighted by Gasteiger charge is -2.17. The van der Waals surface area contributed by atoms with Crippen molar-refractivity contribution in [3.8, 4) is 17.2 Å². The van der Waals surface area contributed by atoms with Gasteiger partial charge in [0.2, 0.25) is 0 Å². The predicted molar refractivity (Wildman–Crippen MR) is 78.9 cm³/mol. The first kappa shape index (κ1) is 16.6. The Labute approximate surface area is 121 Å². The summed E-state index contributed by atoms with van der Waals surface area (Å²) in [4.78, 5) is 0. The summed E-state index contributed by atoms with van der Waals surface area (Å²) in [7, 11) is 4.90. The summed E-state index contributed by atoms with van der Waals surface area (Å²) in [5.74, 6) is 2.21. The molecule has 0 aromatic heterocycles. The Bertz CT molecular complexity index is 384. The Kier molecular flexibility index (Phi) is 7.18. The summed E-state index contributed by atoms with van der Waals surface area (Å²) in [5.41, 5.74) is 0.972. The molecule has 5 heteroatoms. The van der Waals surface area contributed by atoms with Crippen LogP contribution >= 0.6 is 0 Å². The first-order chi connectivity index (χ1) is 9.65. The van der Waals surface area contributed by atoms with Crippen LogP contribution in [0.25, 0.3) is 0 Å². The van der Waals surface area contributed by atoms with Gasteiger partial charge in [0.05, 0.1) is 33.0 Å². The van der Waals surface area contributed by atoms with Gasteiger partial charge in [0, 0.05) is 31.8 Å². The minimum atomic E-state index is 0.176. The molecule has 114 valence electrons. The third-order valence-corrected chi connectivity index (χ3v) is 3.00. The van der Waals surface area contributed by atoms with E-state index in [0.29, 0.717) is 12.3 Å².